The van der Waals surface area contributed by atoms with E-state index in [0.29, 0.717) is 17.6 Å². The maximum absolute atomic E-state index is 12.7. The third kappa shape index (κ3) is 2.61. The van der Waals surface area contributed by atoms with Crippen molar-refractivity contribution in [3.8, 4) is 0 Å². The summed E-state index contributed by atoms with van der Waals surface area (Å²) in [5, 5.41) is 7.48. The van der Waals surface area contributed by atoms with Gasteiger partial charge in [-0.1, -0.05) is 0 Å². The molecule has 0 unspecified atom stereocenters. The lowest BCUT2D eigenvalue weighted by Gasteiger charge is -2.56. The molecule has 4 bridgehead atoms. The summed E-state index contributed by atoms with van der Waals surface area (Å²) < 4.78 is 1.72. The van der Waals surface area contributed by atoms with Crippen LogP contribution in [0.4, 0.5) is 0 Å². The number of hydrogen-bond acceptors (Lipinski definition) is 4. The van der Waals surface area contributed by atoms with Crippen LogP contribution < -0.4 is 5.32 Å². The van der Waals surface area contributed by atoms with Crippen LogP contribution in [0, 0.1) is 37.0 Å². The van der Waals surface area contributed by atoms with Crippen molar-refractivity contribution in [2.75, 3.05) is 6.54 Å². The number of amides is 1. The molecule has 0 aromatic carbocycles. The van der Waals surface area contributed by atoms with Crippen LogP contribution in [0.2, 0.25) is 0 Å². The molecule has 138 valence electrons. The molecule has 6 heteroatoms. The fraction of sp³-hybridized carbons (Fsp3) is 0.700. The summed E-state index contributed by atoms with van der Waals surface area (Å²) in [5.41, 5.74) is 3.16. The first-order chi connectivity index (χ1) is 12.5. The molecule has 6 nitrogen and oxygen atoms in total. The minimum atomic E-state index is 0.105. The van der Waals surface area contributed by atoms with Gasteiger partial charge in [0.05, 0.1) is 6.42 Å². The zero-order valence-corrected chi connectivity index (χ0v) is 15.7. The van der Waals surface area contributed by atoms with Gasteiger partial charge in [-0.2, -0.15) is 10.1 Å². The third-order valence-corrected chi connectivity index (χ3v) is 7.15. The van der Waals surface area contributed by atoms with Crippen molar-refractivity contribution in [1.82, 2.24) is 24.9 Å². The van der Waals surface area contributed by atoms with Crippen molar-refractivity contribution in [2.24, 2.45) is 23.2 Å². The van der Waals surface area contributed by atoms with Gasteiger partial charge in [0.2, 0.25) is 5.91 Å². The predicted octanol–water partition coefficient (Wildman–Crippen LogP) is 2.62. The highest BCUT2D eigenvalue weighted by Crippen LogP contribution is 2.59. The molecule has 26 heavy (non-hydrogen) atoms. The van der Waals surface area contributed by atoms with Crippen LogP contribution in [0.25, 0.3) is 5.78 Å². The Morgan fingerprint density at radius 1 is 1.19 bits per heavy atom. The van der Waals surface area contributed by atoms with Crippen molar-refractivity contribution >= 4 is 11.7 Å². The van der Waals surface area contributed by atoms with E-state index in [4.69, 9.17) is 0 Å². The van der Waals surface area contributed by atoms with Crippen LogP contribution in [-0.4, -0.2) is 32.0 Å². The Labute approximate surface area is 153 Å². The Hall–Kier alpha value is -1.98. The molecule has 2 aromatic heterocycles. The van der Waals surface area contributed by atoms with E-state index in [0.717, 1.165) is 41.2 Å². The molecule has 1 amide bonds. The van der Waals surface area contributed by atoms with E-state index in [-0.39, 0.29) is 5.91 Å². The number of aryl methyl sites for hydroxylation is 2. The number of carbonyl (C=O) groups is 1. The Balaban J connectivity index is 1.28. The average Bonchev–Trinajstić information content (AvgIpc) is 3.04. The summed E-state index contributed by atoms with van der Waals surface area (Å²) in [6.45, 7) is 4.79. The molecule has 0 saturated heterocycles. The van der Waals surface area contributed by atoms with Crippen LogP contribution in [0.15, 0.2) is 6.33 Å². The van der Waals surface area contributed by atoms with Gasteiger partial charge in [-0.3, -0.25) is 4.79 Å². The van der Waals surface area contributed by atoms with Crippen LogP contribution in [0.1, 0.15) is 55.5 Å². The summed E-state index contributed by atoms with van der Waals surface area (Å²) in [4.78, 5) is 21.3. The Bertz CT molecular complexity index is 835. The highest BCUT2D eigenvalue weighted by molar-refractivity contribution is 5.79. The van der Waals surface area contributed by atoms with E-state index < -0.39 is 0 Å². The highest BCUT2D eigenvalue weighted by Gasteiger charge is 2.50. The fourth-order valence-electron chi connectivity index (χ4n) is 6.43. The van der Waals surface area contributed by atoms with E-state index >= 15 is 0 Å². The lowest BCUT2D eigenvalue weighted by Crippen LogP contribution is -2.51. The SMILES string of the molecule is Cc1nc2ncnn2c(C)c1CC(=O)NCC12CC3CC(CC(C3)C1)C2. The minimum absolute atomic E-state index is 0.105. The monoisotopic (exact) mass is 353 g/mol. The zero-order valence-electron chi connectivity index (χ0n) is 15.7. The standard InChI is InChI=1S/C20H27N5O/c1-12-17(13(2)25-19(24-12)22-11-23-25)6-18(26)21-10-20-7-14-3-15(8-20)5-16(4-14)9-20/h11,14-16H,3-10H2,1-2H3,(H,21,26). The van der Waals surface area contributed by atoms with Crippen LogP contribution in [-0.2, 0) is 11.2 Å². The lowest BCUT2D eigenvalue weighted by molar-refractivity contribution is -0.122. The summed E-state index contributed by atoms with van der Waals surface area (Å²) in [6.07, 6.45) is 10.2. The van der Waals surface area contributed by atoms with Crippen LogP contribution in [0.3, 0.4) is 0 Å². The molecule has 4 saturated carbocycles. The molecule has 6 rings (SSSR count). The fourth-order valence-corrected chi connectivity index (χ4v) is 6.43. The number of fused-ring (bicyclic) bond motifs is 1. The topological polar surface area (TPSA) is 72.2 Å². The molecule has 4 fully saturated rings. The van der Waals surface area contributed by atoms with Gasteiger partial charge in [-0.25, -0.2) is 9.50 Å². The van der Waals surface area contributed by atoms with Crippen LogP contribution >= 0.6 is 0 Å². The van der Waals surface area contributed by atoms with E-state index in [1.165, 1.54) is 44.9 Å². The van der Waals surface area contributed by atoms with Crippen molar-refractivity contribution < 1.29 is 4.79 Å². The number of nitrogens with zero attached hydrogens (tertiary/aromatic N) is 4. The lowest BCUT2D eigenvalue weighted by atomic mass is 9.49. The molecule has 0 atom stereocenters. The highest BCUT2D eigenvalue weighted by atomic mass is 16.1. The largest absolute Gasteiger partial charge is 0.355 e. The quantitative estimate of drug-likeness (QED) is 0.917. The Kier molecular flexibility index (Phi) is 3.59. The van der Waals surface area contributed by atoms with E-state index in [9.17, 15) is 4.79 Å². The normalized spacial score (nSPS) is 32.3. The van der Waals surface area contributed by atoms with Crippen molar-refractivity contribution in [2.45, 2.75) is 58.8 Å². The first kappa shape index (κ1) is 16.2. The first-order valence-electron chi connectivity index (χ1n) is 9.94. The number of aromatic nitrogens is 4. The molecular weight excluding hydrogens is 326 g/mol. The molecule has 0 radical (unpaired) electrons. The molecule has 1 N–H and O–H groups in total. The molecule has 2 aromatic rings. The summed E-state index contributed by atoms with van der Waals surface area (Å²) in [7, 11) is 0. The second-order valence-electron chi connectivity index (χ2n) is 9.10. The zero-order chi connectivity index (χ0) is 17.9. The predicted molar refractivity (Wildman–Crippen MR) is 97.6 cm³/mol. The van der Waals surface area contributed by atoms with Crippen molar-refractivity contribution in [3.05, 3.63) is 23.3 Å². The molecule has 4 aliphatic carbocycles. The summed E-state index contributed by atoms with van der Waals surface area (Å²) >= 11 is 0. The molecular formula is C20H27N5O. The van der Waals surface area contributed by atoms with Gasteiger partial charge in [0.1, 0.15) is 6.33 Å². The number of hydrogen-bond donors (Lipinski definition) is 1. The van der Waals surface area contributed by atoms with Gasteiger partial charge in [-0.05, 0) is 75.5 Å². The number of nitrogens with one attached hydrogen (secondary N) is 1. The van der Waals surface area contributed by atoms with E-state index in [1.807, 2.05) is 13.8 Å². The molecule has 2 heterocycles. The van der Waals surface area contributed by atoms with Gasteiger partial charge in [0, 0.05) is 23.5 Å². The Morgan fingerprint density at radius 2 is 1.85 bits per heavy atom. The molecule has 4 aliphatic rings. The third-order valence-electron chi connectivity index (χ3n) is 7.15. The Morgan fingerprint density at radius 3 is 2.50 bits per heavy atom. The number of rotatable bonds is 4. The average molecular weight is 353 g/mol. The maximum atomic E-state index is 12.7. The van der Waals surface area contributed by atoms with Gasteiger partial charge in [-0.15, -0.1) is 0 Å². The van der Waals surface area contributed by atoms with Crippen molar-refractivity contribution in [3.63, 3.8) is 0 Å². The smallest absolute Gasteiger partial charge is 0.252 e. The first-order valence-corrected chi connectivity index (χ1v) is 9.94. The minimum Gasteiger partial charge on any atom is -0.355 e. The van der Waals surface area contributed by atoms with E-state index in [2.05, 4.69) is 20.4 Å². The van der Waals surface area contributed by atoms with Gasteiger partial charge in [0.15, 0.2) is 0 Å². The second-order valence-corrected chi connectivity index (χ2v) is 9.10. The summed E-state index contributed by atoms with van der Waals surface area (Å²) in [5.74, 6) is 3.45. The van der Waals surface area contributed by atoms with Gasteiger partial charge < -0.3 is 5.32 Å². The molecule has 0 aliphatic heterocycles. The van der Waals surface area contributed by atoms with Crippen LogP contribution in [0.5, 0.6) is 0 Å². The van der Waals surface area contributed by atoms with E-state index in [1.54, 1.807) is 4.52 Å². The maximum Gasteiger partial charge on any atom is 0.252 e. The second kappa shape index (κ2) is 5.76. The van der Waals surface area contributed by atoms with Gasteiger partial charge in [0.25, 0.3) is 5.78 Å². The van der Waals surface area contributed by atoms with Crippen molar-refractivity contribution in [1.29, 1.82) is 0 Å². The number of carbonyl (C=O) groups excluding carboxylic acids is 1. The summed E-state index contributed by atoms with van der Waals surface area (Å²) in [6, 6.07) is 0. The van der Waals surface area contributed by atoms with Gasteiger partial charge >= 0.3 is 0 Å². The molecule has 0 spiro atoms.